The maximum atomic E-state index is 11.9. The highest BCUT2D eigenvalue weighted by Gasteiger charge is 2.26. The van der Waals surface area contributed by atoms with Crippen molar-refractivity contribution in [2.24, 2.45) is 0 Å². The zero-order valence-electron chi connectivity index (χ0n) is 11.5. The van der Waals surface area contributed by atoms with Gasteiger partial charge in [0.25, 0.3) is 0 Å². The number of rotatable bonds is 4. The minimum absolute atomic E-state index is 0.0705. The Hall–Kier alpha value is -1.85. The molecule has 2 N–H and O–H groups in total. The van der Waals surface area contributed by atoms with E-state index in [2.05, 4.69) is 27.8 Å². The fourth-order valence-corrected chi connectivity index (χ4v) is 3.30. The van der Waals surface area contributed by atoms with E-state index >= 15 is 0 Å². The summed E-state index contributed by atoms with van der Waals surface area (Å²) in [7, 11) is 0. The average molecular weight is 299 g/mol. The Bertz CT molecular complexity index is 591. The number of hydrogen-bond acceptors (Lipinski definition) is 4. The van der Waals surface area contributed by atoms with Gasteiger partial charge < -0.3 is 5.32 Å². The largest absolute Gasteiger partial charge is 0.332 e. The van der Waals surface area contributed by atoms with Gasteiger partial charge in [-0.05, 0) is 17.7 Å². The molecule has 1 aromatic carbocycles. The Morgan fingerprint density at radius 2 is 1.95 bits per heavy atom. The van der Waals surface area contributed by atoms with E-state index in [0.717, 1.165) is 17.0 Å². The highest BCUT2D eigenvalue weighted by atomic mass is 32.2. The zero-order valence-corrected chi connectivity index (χ0v) is 12.3. The number of carbonyl (C=O) groups excluding carboxylic acids is 1. The van der Waals surface area contributed by atoms with Gasteiger partial charge in [0.05, 0.1) is 5.69 Å². The Kier molecular flexibility index (Phi) is 4.52. The van der Waals surface area contributed by atoms with E-state index in [4.69, 9.17) is 0 Å². The molecule has 0 spiro atoms. The Morgan fingerprint density at radius 3 is 2.71 bits per heavy atom. The molecule has 108 valence electrons. The first-order valence-electron chi connectivity index (χ1n) is 6.93. The van der Waals surface area contributed by atoms with Crippen molar-refractivity contribution in [3.63, 3.8) is 0 Å². The van der Waals surface area contributed by atoms with Crippen LogP contribution in [-0.2, 0) is 10.5 Å². The summed E-state index contributed by atoms with van der Waals surface area (Å²) in [4.78, 5) is 16.2. The molecule has 1 saturated heterocycles. The van der Waals surface area contributed by atoms with E-state index in [-0.39, 0.29) is 17.4 Å². The monoisotopic (exact) mass is 299 g/mol. The molecule has 1 aliphatic rings. The lowest BCUT2D eigenvalue weighted by molar-refractivity contribution is -0.123. The lowest BCUT2D eigenvalue weighted by atomic mass is 10.0. The summed E-state index contributed by atoms with van der Waals surface area (Å²) in [6.07, 6.45) is 2.26. The second kappa shape index (κ2) is 6.74. The lowest BCUT2D eigenvalue weighted by Gasteiger charge is -2.31. The van der Waals surface area contributed by atoms with Gasteiger partial charge in [0.15, 0.2) is 0 Å². The summed E-state index contributed by atoms with van der Waals surface area (Å²) in [6, 6.07) is 16.0. The van der Waals surface area contributed by atoms with E-state index in [9.17, 15) is 4.79 Å². The molecule has 2 heterocycles. The average Bonchev–Trinajstić information content (AvgIpc) is 2.54. The molecule has 0 bridgehead atoms. The summed E-state index contributed by atoms with van der Waals surface area (Å²) in [5, 5.41) is 6.45. The van der Waals surface area contributed by atoms with Crippen LogP contribution in [-0.4, -0.2) is 16.4 Å². The molecule has 1 aliphatic heterocycles. The fourth-order valence-electron chi connectivity index (χ4n) is 2.32. The Morgan fingerprint density at radius 1 is 1.14 bits per heavy atom. The van der Waals surface area contributed by atoms with Gasteiger partial charge in [0.2, 0.25) is 5.91 Å². The molecule has 3 rings (SSSR count). The Balaban J connectivity index is 1.62. The van der Waals surface area contributed by atoms with Crippen molar-refractivity contribution in [3.05, 3.63) is 66.0 Å². The third kappa shape index (κ3) is 3.83. The van der Waals surface area contributed by atoms with Gasteiger partial charge in [-0.25, -0.2) is 0 Å². The number of thioether (sulfide) groups is 1. The van der Waals surface area contributed by atoms with Crippen LogP contribution in [0, 0.1) is 0 Å². The van der Waals surface area contributed by atoms with E-state index in [0.29, 0.717) is 6.42 Å². The molecule has 0 aliphatic carbocycles. The molecule has 1 aromatic heterocycles. The number of hydrogen-bond donors (Lipinski definition) is 2. The summed E-state index contributed by atoms with van der Waals surface area (Å²) < 4.78 is 0. The molecule has 0 radical (unpaired) electrons. The number of nitrogens with one attached hydrogen (secondary N) is 2. The van der Waals surface area contributed by atoms with Gasteiger partial charge in [-0.3, -0.25) is 15.1 Å². The predicted octanol–water partition coefficient (Wildman–Crippen LogP) is 2.45. The molecule has 2 atom stereocenters. The zero-order chi connectivity index (χ0) is 14.5. The minimum Gasteiger partial charge on any atom is -0.332 e. The quantitative estimate of drug-likeness (QED) is 0.910. The summed E-state index contributed by atoms with van der Waals surface area (Å²) in [5.74, 6) is 0.849. The second-order valence-corrected chi connectivity index (χ2v) is 6.01. The van der Waals surface area contributed by atoms with E-state index in [1.54, 1.807) is 18.0 Å². The number of carbonyl (C=O) groups is 1. The van der Waals surface area contributed by atoms with Crippen molar-refractivity contribution in [1.29, 1.82) is 0 Å². The Labute approximate surface area is 128 Å². The summed E-state index contributed by atoms with van der Waals surface area (Å²) in [6.45, 7) is 0. The SMILES string of the molecule is O=C1CC(c2ccccc2)NC(SCc2ccccn2)N1. The molecule has 1 amide bonds. The second-order valence-electron chi connectivity index (χ2n) is 4.91. The van der Waals surface area contributed by atoms with E-state index in [1.165, 1.54) is 0 Å². The summed E-state index contributed by atoms with van der Waals surface area (Å²) >= 11 is 1.65. The molecule has 4 nitrogen and oxygen atoms in total. The van der Waals surface area contributed by atoms with Crippen LogP contribution in [0.5, 0.6) is 0 Å². The minimum atomic E-state index is -0.0848. The molecular formula is C16H17N3OS. The normalized spacial score (nSPS) is 21.8. The first-order valence-corrected chi connectivity index (χ1v) is 7.98. The molecule has 5 heteroatoms. The van der Waals surface area contributed by atoms with Gasteiger partial charge in [-0.2, -0.15) is 0 Å². The predicted molar refractivity (Wildman–Crippen MR) is 84.4 cm³/mol. The number of aromatic nitrogens is 1. The number of pyridine rings is 1. The number of benzene rings is 1. The molecule has 21 heavy (non-hydrogen) atoms. The third-order valence-corrected chi connectivity index (χ3v) is 4.41. The number of nitrogens with zero attached hydrogens (tertiary/aromatic N) is 1. The fraction of sp³-hybridized carbons (Fsp3) is 0.250. The molecule has 2 unspecified atom stereocenters. The standard InChI is InChI=1S/C16H17N3OS/c20-15-10-14(12-6-2-1-3-7-12)18-16(19-15)21-11-13-8-4-5-9-17-13/h1-9,14,16,18H,10-11H2,(H,19,20). The van der Waals surface area contributed by atoms with Crippen molar-refractivity contribution < 1.29 is 4.79 Å². The van der Waals surface area contributed by atoms with Crippen molar-refractivity contribution in [1.82, 2.24) is 15.6 Å². The highest BCUT2D eigenvalue weighted by Crippen LogP contribution is 2.24. The van der Waals surface area contributed by atoms with Crippen molar-refractivity contribution in [2.45, 2.75) is 23.7 Å². The van der Waals surface area contributed by atoms with Crippen molar-refractivity contribution >= 4 is 17.7 Å². The van der Waals surface area contributed by atoms with Crippen LogP contribution in [0.25, 0.3) is 0 Å². The molecule has 0 saturated carbocycles. The van der Waals surface area contributed by atoms with Crippen LogP contribution >= 0.6 is 11.8 Å². The van der Waals surface area contributed by atoms with Crippen LogP contribution in [0.1, 0.15) is 23.7 Å². The third-order valence-electron chi connectivity index (χ3n) is 3.36. The van der Waals surface area contributed by atoms with Gasteiger partial charge >= 0.3 is 0 Å². The van der Waals surface area contributed by atoms with Crippen molar-refractivity contribution in [3.8, 4) is 0 Å². The number of amides is 1. The van der Waals surface area contributed by atoms with E-state index < -0.39 is 0 Å². The highest BCUT2D eigenvalue weighted by molar-refractivity contribution is 7.99. The van der Waals surface area contributed by atoms with Crippen LogP contribution in [0.3, 0.4) is 0 Å². The van der Waals surface area contributed by atoms with Crippen LogP contribution in [0.15, 0.2) is 54.7 Å². The van der Waals surface area contributed by atoms with Gasteiger partial charge in [-0.1, -0.05) is 36.4 Å². The maximum Gasteiger partial charge on any atom is 0.223 e. The first kappa shape index (κ1) is 14.1. The maximum absolute atomic E-state index is 11.9. The van der Waals surface area contributed by atoms with E-state index in [1.807, 2.05) is 36.4 Å². The smallest absolute Gasteiger partial charge is 0.223 e. The molecular weight excluding hydrogens is 282 g/mol. The molecule has 1 fully saturated rings. The van der Waals surface area contributed by atoms with Gasteiger partial charge in [-0.15, -0.1) is 11.8 Å². The molecule has 2 aromatic rings. The van der Waals surface area contributed by atoms with Crippen molar-refractivity contribution in [2.75, 3.05) is 0 Å². The van der Waals surface area contributed by atoms with Crippen LogP contribution < -0.4 is 10.6 Å². The van der Waals surface area contributed by atoms with Crippen LogP contribution in [0.2, 0.25) is 0 Å². The lowest BCUT2D eigenvalue weighted by Crippen LogP contribution is -2.50. The van der Waals surface area contributed by atoms with Crippen LogP contribution in [0.4, 0.5) is 0 Å². The topological polar surface area (TPSA) is 54.0 Å². The first-order chi connectivity index (χ1) is 10.3. The van der Waals surface area contributed by atoms with Gasteiger partial charge in [0, 0.05) is 24.4 Å². The summed E-state index contributed by atoms with van der Waals surface area (Å²) in [5.41, 5.74) is 2.08. The van der Waals surface area contributed by atoms with Gasteiger partial charge in [0.1, 0.15) is 5.50 Å².